The summed E-state index contributed by atoms with van der Waals surface area (Å²) >= 11 is 0. The summed E-state index contributed by atoms with van der Waals surface area (Å²) in [5, 5.41) is 4.39. The van der Waals surface area contributed by atoms with Gasteiger partial charge in [0.25, 0.3) is 0 Å². The fourth-order valence-corrected chi connectivity index (χ4v) is 2.16. The molecule has 0 fully saturated rings. The highest BCUT2D eigenvalue weighted by Gasteiger charge is 2.11. The predicted octanol–water partition coefficient (Wildman–Crippen LogP) is 3.02. The molecule has 1 aromatic carbocycles. The normalized spacial score (nSPS) is 10.6. The van der Waals surface area contributed by atoms with Gasteiger partial charge in [0.2, 0.25) is 0 Å². The van der Waals surface area contributed by atoms with Crippen LogP contribution in [0.4, 0.5) is 0 Å². The van der Waals surface area contributed by atoms with Gasteiger partial charge in [-0.3, -0.25) is 4.68 Å². The van der Waals surface area contributed by atoms with Crippen molar-refractivity contribution in [1.82, 2.24) is 9.78 Å². The number of hydrogen-bond acceptors (Lipinski definition) is 2. The minimum Gasteiger partial charge on any atom is -0.496 e. The molecule has 17 heavy (non-hydrogen) atoms. The van der Waals surface area contributed by atoms with E-state index in [9.17, 15) is 0 Å². The van der Waals surface area contributed by atoms with Gasteiger partial charge in [-0.05, 0) is 50.1 Å². The number of aryl methyl sites for hydroxylation is 2. The van der Waals surface area contributed by atoms with Gasteiger partial charge in [0.1, 0.15) is 5.75 Å². The Balaban J connectivity index is 2.61. The molecule has 0 amide bonds. The summed E-state index contributed by atoms with van der Waals surface area (Å²) in [6, 6.07) is 6.21. The molecule has 2 aromatic rings. The summed E-state index contributed by atoms with van der Waals surface area (Å²) < 4.78 is 7.25. The standard InChI is InChI=1S/C14H18N2O/c1-9-8-13(16(4)15-9)12-6-7-14(17-5)11(3)10(12)2/h6-8H,1-5H3. The number of aromatic nitrogens is 2. The van der Waals surface area contributed by atoms with Crippen LogP contribution in [0.25, 0.3) is 11.3 Å². The van der Waals surface area contributed by atoms with E-state index >= 15 is 0 Å². The molecule has 0 aliphatic carbocycles. The van der Waals surface area contributed by atoms with E-state index in [1.807, 2.05) is 24.7 Å². The molecule has 0 atom stereocenters. The fraction of sp³-hybridized carbons (Fsp3) is 0.357. The first-order valence-electron chi connectivity index (χ1n) is 5.69. The lowest BCUT2D eigenvalue weighted by molar-refractivity contribution is 0.411. The first-order valence-corrected chi connectivity index (χ1v) is 5.69. The quantitative estimate of drug-likeness (QED) is 0.793. The van der Waals surface area contributed by atoms with E-state index in [1.165, 1.54) is 16.7 Å². The Morgan fingerprint density at radius 2 is 1.82 bits per heavy atom. The van der Waals surface area contributed by atoms with Crippen molar-refractivity contribution in [3.63, 3.8) is 0 Å². The maximum atomic E-state index is 5.33. The monoisotopic (exact) mass is 230 g/mol. The van der Waals surface area contributed by atoms with Gasteiger partial charge in [0, 0.05) is 12.6 Å². The highest BCUT2D eigenvalue weighted by Crippen LogP contribution is 2.30. The molecule has 0 bridgehead atoms. The van der Waals surface area contributed by atoms with Crippen molar-refractivity contribution in [2.24, 2.45) is 7.05 Å². The van der Waals surface area contributed by atoms with Crippen LogP contribution in [0.5, 0.6) is 5.75 Å². The molecule has 3 heteroatoms. The minimum absolute atomic E-state index is 0.935. The van der Waals surface area contributed by atoms with Crippen LogP contribution in [0.3, 0.4) is 0 Å². The largest absolute Gasteiger partial charge is 0.496 e. The molecule has 0 N–H and O–H groups in total. The summed E-state index contributed by atoms with van der Waals surface area (Å²) in [5.74, 6) is 0.935. The van der Waals surface area contributed by atoms with E-state index in [0.717, 1.165) is 17.1 Å². The van der Waals surface area contributed by atoms with Gasteiger partial charge in [0.05, 0.1) is 18.5 Å². The third kappa shape index (κ3) is 1.93. The molecule has 0 saturated heterocycles. The van der Waals surface area contributed by atoms with Gasteiger partial charge < -0.3 is 4.74 Å². The molecule has 1 heterocycles. The second-order valence-corrected chi connectivity index (χ2v) is 4.36. The maximum absolute atomic E-state index is 5.33. The number of rotatable bonds is 2. The van der Waals surface area contributed by atoms with E-state index in [0.29, 0.717) is 0 Å². The van der Waals surface area contributed by atoms with Crippen molar-refractivity contribution in [1.29, 1.82) is 0 Å². The Morgan fingerprint density at radius 1 is 1.12 bits per heavy atom. The number of nitrogens with zero attached hydrogens (tertiary/aromatic N) is 2. The Labute approximate surface area is 102 Å². The van der Waals surface area contributed by atoms with Crippen molar-refractivity contribution in [3.8, 4) is 17.0 Å². The minimum atomic E-state index is 0.935. The Morgan fingerprint density at radius 3 is 2.35 bits per heavy atom. The van der Waals surface area contributed by atoms with Gasteiger partial charge in [-0.25, -0.2) is 0 Å². The lowest BCUT2D eigenvalue weighted by Crippen LogP contribution is -1.98. The molecule has 0 unspecified atom stereocenters. The Kier molecular flexibility index (Phi) is 2.92. The van der Waals surface area contributed by atoms with Crippen molar-refractivity contribution < 1.29 is 4.74 Å². The second-order valence-electron chi connectivity index (χ2n) is 4.36. The number of hydrogen-bond donors (Lipinski definition) is 0. The highest BCUT2D eigenvalue weighted by molar-refractivity contribution is 5.67. The van der Waals surface area contributed by atoms with Crippen molar-refractivity contribution in [2.75, 3.05) is 7.11 Å². The molecular weight excluding hydrogens is 212 g/mol. The van der Waals surface area contributed by atoms with Crippen molar-refractivity contribution in [2.45, 2.75) is 20.8 Å². The topological polar surface area (TPSA) is 27.1 Å². The lowest BCUT2D eigenvalue weighted by atomic mass is 10.00. The average molecular weight is 230 g/mol. The van der Waals surface area contributed by atoms with Crippen LogP contribution in [0.15, 0.2) is 18.2 Å². The first kappa shape index (κ1) is 11.7. The fourth-order valence-electron chi connectivity index (χ4n) is 2.16. The first-order chi connectivity index (χ1) is 8.04. The number of ether oxygens (including phenoxy) is 1. The zero-order valence-corrected chi connectivity index (χ0v) is 11.0. The lowest BCUT2D eigenvalue weighted by Gasteiger charge is -2.12. The Hall–Kier alpha value is -1.77. The zero-order valence-electron chi connectivity index (χ0n) is 11.0. The average Bonchev–Trinajstić information content (AvgIpc) is 2.62. The van der Waals surface area contributed by atoms with Crippen LogP contribution < -0.4 is 4.74 Å². The summed E-state index contributed by atoms with van der Waals surface area (Å²) in [4.78, 5) is 0. The zero-order chi connectivity index (χ0) is 12.6. The molecular formula is C14H18N2O. The van der Waals surface area contributed by atoms with Gasteiger partial charge in [0.15, 0.2) is 0 Å². The third-order valence-electron chi connectivity index (χ3n) is 3.24. The summed E-state index contributed by atoms with van der Waals surface area (Å²) in [6.45, 7) is 6.21. The van der Waals surface area contributed by atoms with E-state index in [2.05, 4.69) is 31.1 Å². The third-order valence-corrected chi connectivity index (χ3v) is 3.24. The van der Waals surface area contributed by atoms with Crippen LogP contribution in [-0.2, 0) is 7.05 Å². The molecule has 2 rings (SSSR count). The maximum Gasteiger partial charge on any atom is 0.122 e. The van der Waals surface area contributed by atoms with Gasteiger partial charge >= 0.3 is 0 Å². The van der Waals surface area contributed by atoms with E-state index in [1.54, 1.807) is 7.11 Å². The SMILES string of the molecule is COc1ccc(-c2cc(C)nn2C)c(C)c1C. The molecule has 0 saturated carbocycles. The van der Waals surface area contributed by atoms with Crippen molar-refractivity contribution in [3.05, 3.63) is 35.0 Å². The Bertz CT molecular complexity index is 556. The second kappa shape index (κ2) is 4.24. The smallest absolute Gasteiger partial charge is 0.122 e. The molecule has 0 aliphatic rings. The molecule has 0 radical (unpaired) electrons. The van der Waals surface area contributed by atoms with E-state index in [-0.39, 0.29) is 0 Å². The van der Waals surface area contributed by atoms with Crippen LogP contribution in [0, 0.1) is 20.8 Å². The summed E-state index contributed by atoms with van der Waals surface area (Å²) in [6.07, 6.45) is 0. The summed E-state index contributed by atoms with van der Waals surface area (Å²) in [7, 11) is 3.68. The molecule has 3 nitrogen and oxygen atoms in total. The number of benzene rings is 1. The number of methoxy groups -OCH3 is 1. The predicted molar refractivity (Wildman–Crippen MR) is 69.4 cm³/mol. The summed E-state index contributed by atoms with van der Waals surface area (Å²) in [5.41, 5.74) is 5.82. The molecule has 0 aliphatic heterocycles. The van der Waals surface area contributed by atoms with Crippen LogP contribution >= 0.6 is 0 Å². The van der Waals surface area contributed by atoms with Crippen LogP contribution in [-0.4, -0.2) is 16.9 Å². The molecule has 1 aromatic heterocycles. The van der Waals surface area contributed by atoms with Gasteiger partial charge in [-0.1, -0.05) is 0 Å². The van der Waals surface area contributed by atoms with E-state index in [4.69, 9.17) is 4.74 Å². The molecule has 0 spiro atoms. The van der Waals surface area contributed by atoms with Crippen LogP contribution in [0.1, 0.15) is 16.8 Å². The van der Waals surface area contributed by atoms with Crippen LogP contribution in [0.2, 0.25) is 0 Å². The van der Waals surface area contributed by atoms with Crippen molar-refractivity contribution >= 4 is 0 Å². The molecule has 90 valence electrons. The highest BCUT2D eigenvalue weighted by atomic mass is 16.5. The van der Waals surface area contributed by atoms with Gasteiger partial charge in [-0.2, -0.15) is 5.10 Å². The van der Waals surface area contributed by atoms with Gasteiger partial charge in [-0.15, -0.1) is 0 Å². The van der Waals surface area contributed by atoms with E-state index < -0.39 is 0 Å².